The third-order valence-electron chi connectivity index (χ3n) is 4.21. The molecule has 0 atom stereocenters. The fraction of sp³-hybridized carbons (Fsp3) is 0.632. The Labute approximate surface area is 158 Å². The summed E-state index contributed by atoms with van der Waals surface area (Å²) in [6, 6.07) is 2.08. The summed E-state index contributed by atoms with van der Waals surface area (Å²) in [5.41, 5.74) is -0.483. The number of alkyl carbamates (subject to hydrolysis) is 1. The van der Waals surface area contributed by atoms with Gasteiger partial charge in [0.15, 0.2) is 0 Å². The van der Waals surface area contributed by atoms with Crippen LogP contribution in [-0.2, 0) is 11.2 Å². The minimum Gasteiger partial charge on any atom is -0.474 e. The van der Waals surface area contributed by atoms with Gasteiger partial charge in [-0.2, -0.15) is 0 Å². The first-order valence-corrected chi connectivity index (χ1v) is 10.1. The third kappa shape index (κ3) is 5.30. The Bertz CT molecular complexity index is 748. The molecule has 0 radical (unpaired) electrons. The van der Waals surface area contributed by atoms with E-state index in [0.29, 0.717) is 12.4 Å². The number of hydrogen-bond donors (Lipinski definition) is 1. The molecule has 0 aliphatic heterocycles. The van der Waals surface area contributed by atoms with Crippen molar-refractivity contribution in [3.8, 4) is 5.88 Å². The van der Waals surface area contributed by atoms with E-state index < -0.39 is 5.60 Å². The van der Waals surface area contributed by atoms with Crippen molar-refractivity contribution in [1.29, 1.82) is 0 Å². The maximum absolute atomic E-state index is 11.7. The van der Waals surface area contributed by atoms with Crippen LogP contribution in [0.2, 0.25) is 0 Å². The van der Waals surface area contributed by atoms with Crippen LogP contribution in [0, 0.1) is 0 Å². The van der Waals surface area contributed by atoms with Gasteiger partial charge in [0.05, 0.1) is 5.39 Å². The fourth-order valence-corrected chi connectivity index (χ4v) is 4.03. The van der Waals surface area contributed by atoms with Gasteiger partial charge < -0.3 is 14.8 Å². The summed E-state index contributed by atoms with van der Waals surface area (Å²) in [5, 5.41) is 3.76. The van der Waals surface area contributed by atoms with Crippen molar-refractivity contribution in [3.63, 3.8) is 0 Å². The van der Waals surface area contributed by atoms with Crippen molar-refractivity contribution >= 4 is 27.6 Å². The lowest BCUT2D eigenvalue weighted by Gasteiger charge is -2.22. The zero-order valence-corrected chi connectivity index (χ0v) is 16.5. The van der Waals surface area contributed by atoms with E-state index in [-0.39, 0.29) is 12.2 Å². The fourth-order valence-electron chi connectivity index (χ4n) is 3.04. The van der Waals surface area contributed by atoms with Gasteiger partial charge in [0.2, 0.25) is 5.88 Å². The molecular weight excluding hydrogens is 350 g/mol. The summed E-state index contributed by atoms with van der Waals surface area (Å²) in [6.45, 7) is 6.08. The first-order chi connectivity index (χ1) is 12.4. The average molecular weight is 378 g/mol. The van der Waals surface area contributed by atoms with Crippen LogP contribution in [0.4, 0.5) is 4.79 Å². The molecule has 1 fully saturated rings. The van der Waals surface area contributed by atoms with Crippen LogP contribution in [0.25, 0.3) is 10.2 Å². The second-order valence-electron chi connectivity index (χ2n) is 7.67. The van der Waals surface area contributed by atoms with Gasteiger partial charge in [-0.3, -0.25) is 0 Å². The third-order valence-corrected chi connectivity index (χ3v) is 5.32. The second kappa shape index (κ2) is 8.20. The minimum absolute atomic E-state index is 0.263. The SMILES string of the molecule is CC(C)(C)OC(=O)NCCc1cc2c(OC3CCCCC3)ncnc2s1. The highest BCUT2D eigenvalue weighted by atomic mass is 32.1. The molecule has 0 saturated heterocycles. The molecule has 2 aromatic heterocycles. The lowest BCUT2D eigenvalue weighted by atomic mass is 9.98. The van der Waals surface area contributed by atoms with Crippen LogP contribution in [0.1, 0.15) is 57.8 Å². The first-order valence-electron chi connectivity index (χ1n) is 9.28. The molecule has 26 heavy (non-hydrogen) atoms. The highest BCUT2D eigenvalue weighted by Crippen LogP contribution is 2.32. The molecule has 1 N–H and O–H groups in total. The maximum Gasteiger partial charge on any atom is 0.407 e. The van der Waals surface area contributed by atoms with E-state index >= 15 is 0 Å². The van der Waals surface area contributed by atoms with Gasteiger partial charge in [-0.25, -0.2) is 14.8 Å². The van der Waals surface area contributed by atoms with Crippen molar-refractivity contribution in [2.75, 3.05) is 6.54 Å². The minimum atomic E-state index is -0.483. The topological polar surface area (TPSA) is 73.3 Å². The molecule has 6 nitrogen and oxygen atoms in total. The summed E-state index contributed by atoms with van der Waals surface area (Å²) < 4.78 is 11.4. The molecule has 1 aliphatic rings. The standard InChI is InChI=1S/C19H27N3O3S/c1-19(2,3)25-18(23)20-10-9-14-11-15-16(21-12-22-17(15)26-14)24-13-7-5-4-6-8-13/h11-13H,4-10H2,1-3H3,(H,20,23). The van der Waals surface area contributed by atoms with Gasteiger partial charge in [-0.05, 0) is 58.9 Å². The van der Waals surface area contributed by atoms with E-state index in [2.05, 4.69) is 21.4 Å². The summed E-state index contributed by atoms with van der Waals surface area (Å²) in [6.07, 6.45) is 8.12. The number of ether oxygens (including phenoxy) is 2. The van der Waals surface area contributed by atoms with Crippen LogP contribution in [-0.4, -0.2) is 34.3 Å². The number of carbonyl (C=O) groups excluding carboxylic acids is 1. The molecule has 7 heteroatoms. The monoisotopic (exact) mass is 377 g/mol. The van der Waals surface area contributed by atoms with E-state index in [1.807, 2.05) is 20.8 Å². The quantitative estimate of drug-likeness (QED) is 0.832. The number of carbonyl (C=O) groups is 1. The molecule has 0 bridgehead atoms. The van der Waals surface area contributed by atoms with Crippen molar-refractivity contribution in [2.24, 2.45) is 0 Å². The maximum atomic E-state index is 11.7. The average Bonchev–Trinajstić information content (AvgIpc) is 2.98. The molecule has 3 rings (SSSR count). The Balaban J connectivity index is 1.60. The summed E-state index contributed by atoms with van der Waals surface area (Å²) in [5.74, 6) is 0.685. The molecule has 1 aliphatic carbocycles. The molecule has 0 aromatic carbocycles. The van der Waals surface area contributed by atoms with E-state index in [0.717, 1.165) is 34.4 Å². The number of fused-ring (bicyclic) bond motifs is 1. The normalized spacial score (nSPS) is 15.8. The van der Waals surface area contributed by atoms with Crippen molar-refractivity contribution in [2.45, 2.75) is 71.0 Å². The molecule has 1 saturated carbocycles. The van der Waals surface area contributed by atoms with E-state index in [9.17, 15) is 4.79 Å². The Morgan fingerprint density at radius 2 is 2.04 bits per heavy atom. The van der Waals surface area contributed by atoms with Crippen molar-refractivity contribution in [3.05, 3.63) is 17.3 Å². The Kier molecular flexibility index (Phi) is 5.96. The first kappa shape index (κ1) is 18.9. The molecule has 0 spiro atoms. The zero-order valence-electron chi connectivity index (χ0n) is 15.7. The molecule has 1 amide bonds. The van der Waals surface area contributed by atoms with Gasteiger partial charge in [0.25, 0.3) is 0 Å². The Morgan fingerprint density at radius 1 is 1.27 bits per heavy atom. The van der Waals surface area contributed by atoms with Crippen molar-refractivity contribution in [1.82, 2.24) is 15.3 Å². The van der Waals surface area contributed by atoms with E-state index in [1.165, 1.54) is 19.3 Å². The summed E-state index contributed by atoms with van der Waals surface area (Å²) in [4.78, 5) is 22.5. The number of rotatable bonds is 5. The van der Waals surface area contributed by atoms with E-state index in [4.69, 9.17) is 9.47 Å². The van der Waals surface area contributed by atoms with Gasteiger partial charge in [-0.1, -0.05) is 6.42 Å². The number of thiophene rings is 1. The molecular formula is C19H27N3O3S. The van der Waals surface area contributed by atoms with Crippen LogP contribution in [0.3, 0.4) is 0 Å². The van der Waals surface area contributed by atoms with Gasteiger partial charge in [0, 0.05) is 11.4 Å². The van der Waals surface area contributed by atoms with Gasteiger partial charge in [0.1, 0.15) is 22.9 Å². The number of nitrogens with zero attached hydrogens (tertiary/aromatic N) is 2. The van der Waals surface area contributed by atoms with Crippen LogP contribution in [0.5, 0.6) is 5.88 Å². The summed E-state index contributed by atoms with van der Waals surface area (Å²) in [7, 11) is 0. The molecule has 0 unspecified atom stereocenters. The zero-order chi connectivity index (χ0) is 18.6. The number of hydrogen-bond acceptors (Lipinski definition) is 6. The highest BCUT2D eigenvalue weighted by molar-refractivity contribution is 7.18. The summed E-state index contributed by atoms with van der Waals surface area (Å²) >= 11 is 1.62. The predicted octanol–water partition coefficient (Wildman–Crippen LogP) is 4.47. The smallest absolute Gasteiger partial charge is 0.407 e. The number of amides is 1. The van der Waals surface area contributed by atoms with Gasteiger partial charge >= 0.3 is 6.09 Å². The lowest BCUT2D eigenvalue weighted by Crippen LogP contribution is -2.33. The van der Waals surface area contributed by atoms with Crippen molar-refractivity contribution < 1.29 is 14.3 Å². The Hall–Kier alpha value is -1.89. The van der Waals surface area contributed by atoms with Crippen LogP contribution >= 0.6 is 11.3 Å². The molecule has 142 valence electrons. The second-order valence-corrected chi connectivity index (χ2v) is 8.78. The Morgan fingerprint density at radius 3 is 2.77 bits per heavy atom. The largest absolute Gasteiger partial charge is 0.474 e. The predicted molar refractivity (Wildman–Crippen MR) is 103 cm³/mol. The highest BCUT2D eigenvalue weighted by Gasteiger charge is 2.19. The van der Waals surface area contributed by atoms with Gasteiger partial charge in [-0.15, -0.1) is 11.3 Å². The number of nitrogens with one attached hydrogen (secondary N) is 1. The molecule has 2 aromatic rings. The van der Waals surface area contributed by atoms with E-state index in [1.54, 1.807) is 17.7 Å². The van der Waals surface area contributed by atoms with Crippen LogP contribution in [0.15, 0.2) is 12.4 Å². The molecule has 2 heterocycles. The number of aromatic nitrogens is 2. The van der Waals surface area contributed by atoms with Crippen LogP contribution < -0.4 is 10.1 Å². The lowest BCUT2D eigenvalue weighted by molar-refractivity contribution is 0.0528.